The van der Waals surface area contributed by atoms with Crippen molar-refractivity contribution in [3.63, 3.8) is 0 Å². The fourth-order valence-corrected chi connectivity index (χ4v) is 5.31. The second-order valence-corrected chi connectivity index (χ2v) is 12.4. The van der Waals surface area contributed by atoms with E-state index in [1.165, 1.54) is 94.4 Å². The molecule has 1 fully saturated rings. The molecule has 1 heterocycles. The van der Waals surface area contributed by atoms with Gasteiger partial charge in [0.25, 0.3) is 0 Å². The van der Waals surface area contributed by atoms with Gasteiger partial charge in [0.1, 0.15) is 0 Å². The Labute approximate surface area is 215 Å². The van der Waals surface area contributed by atoms with Crippen LogP contribution in [0, 0.1) is 0 Å². The third-order valence-corrected chi connectivity index (χ3v) is 8.42. The summed E-state index contributed by atoms with van der Waals surface area (Å²) in [5.41, 5.74) is -12.4. The molecule has 1 aliphatic heterocycles. The summed E-state index contributed by atoms with van der Waals surface area (Å²) >= 11 is 0. The quantitative estimate of drug-likeness (QED) is 0.0817. The van der Waals surface area contributed by atoms with Crippen LogP contribution in [0.1, 0.15) is 70.6 Å². The van der Waals surface area contributed by atoms with E-state index in [4.69, 9.17) is 4.74 Å². The summed E-state index contributed by atoms with van der Waals surface area (Å²) in [5.74, 6) is -0.301. The zero-order valence-electron chi connectivity index (χ0n) is 20.8. The Morgan fingerprint density at radius 2 is 1.19 bits per heavy atom. The average molecular weight is 591 g/mol. The standard InChI is InChI=1S/C19H36NO2.C2F6NO4S2/c1-3-19(21)22-18-14-10-8-6-4-5-7-9-11-15-20(2)16-12-13-17-20;3-1(4,5)14(10,11)9-15(12,13)2(6,7)8/h3H,1,4-18H2,2H3;/q+1;-1. The number of alkyl halides is 6. The number of carbonyl (C=O) groups excluding carboxylic acids is 1. The van der Waals surface area contributed by atoms with E-state index in [1.807, 2.05) is 0 Å². The molecule has 8 nitrogen and oxygen atoms in total. The zero-order chi connectivity index (χ0) is 28.8. The van der Waals surface area contributed by atoms with Gasteiger partial charge in [-0.05, 0) is 19.3 Å². The van der Waals surface area contributed by atoms with Crippen LogP contribution in [0.15, 0.2) is 12.7 Å². The predicted octanol–water partition coefficient (Wildman–Crippen LogP) is 5.53. The monoisotopic (exact) mass is 590 g/mol. The maximum Gasteiger partial charge on any atom is 0.480 e. The summed E-state index contributed by atoms with van der Waals surface area (Å²) in [6, 6.07) is 0. The van der Waals surface area contributed by atoms with Gasteiger partial charge in [-0.3, -0.25) is 0 Å². The van der Waals surface area contributed by atoms with Crippen molar-refractivity contribution < 1.29 is 57.2 Å². The molecule has 0 aromatic rings. The molecular formula is C21H36F6N2O6S2. The Morgan fingerprint density at radius 3 is 1.57 bits per heavy atom. The number of likely N-dealkylation sites (tertiary alicyclic amines) is 1. The maximum absolute atomic E-state index is 11.4. The van der Waals surface area contributed by atoms with Gasteiger partial charge in [0.2, 0.25) is 0 Å². The van der Waals surface area contributed by atoms with Gasteiger partial charge in [0.05, 0.1) is 33.3 Å². The Hall–Kier alpha value is -1.39. The van der Waals surface area contributed by atoms with Crippen molar-refractivity contribution in [2.45, 2.75) is 81.6 Å². The smallest absolute Gasteiger partial charge is 0.463 e. The molecule has 0 aromatic heterocycles. The minimum atomic E-state index is -6.72. The van der Waals surface area contributed by atoms with Gasteiger partial charge in [-0.15, -0.1) is 0 Å². The van der Waals surface area contributed by atoms with Gasteiger partial charge in [-0.2, -0.15) is 26.3 Å². The third kappa shape index (κ3) is 15.0. The van der Waals surface area contributed by atoms with Gasteiger partial charge in [-0.25, -0.2) is 21.6 Å². The first-order chi connectivity index (χ1) is 16.9. The van der Waals surface area contributed by atoms with Crippen LogP contribution in [-0.2, 0) is 29.6 Å². The molecule has 37 heavy (non-hydrogen) atoms. The first kappa shape index (κ1) is 35.6. The summed E-state index contributed by atoms with van der Waals surface area (Å²) in [7, 11) is -11.0. The number of nitrogens with zero attached hydrogens (tertiary/aromatic N) is 2. The molecule has 0 atom stereocenters. The van der Waals surface area contributed by atoms with Crippen LogP contribution in [0.2, 0.25) is 0 Å². The molecule has 1 rings (SSSR count). The summed E-state index contributed by atoms with van der Waals surface area (Å²) < 4.78 is 115. The molecular weight excluding hydrogens is 554 g/mol. The van der Waals surface area contributed by atoms with Crippen LogP contribution in [0.3, 0.4) is 0 Å². The van der Waals surface area contributed by atoms with E-state index in [1.54, 1.807) is 0 Å². The molecule has 16 heteroatoms. The molecule has 0 aromatic carbocycles. The van der Waals surface area contributed by atoms with E-state index >= 15 is 0 Å². The number of esters is 1. The minimum absolute atomic E-state index is 0.301. The lowest BCUT2D eigenvalue weighted by atomic mass is 10.1. The molecule has 1 aliphatic rings. The van der Waals surface area contributed by atoms with E-state index in [-0.39, 0.29) is 5.97 Å². The van der Waals surface area contributed by atoms with Crippen molar-refractivity contribution in [3.8, 4) is 0 Å². The van der Waals surface area contributed by atoms with Gasteiger partial charge >= 0.3 is 17.0 Å². The van der Waals surface area contributed by atoms with Gasteiger partial charge in [0.15, 0.2) is 20.0 Å². The molecule has 0 saturated carbocycles. The molecule has 0 aliphatic carbocycles. The molecule has 220 valence electrons. The SMILES string of the molecule is C=CC(=O)OCCCCCCCCCCC[N+]1(C)CCCC1.O=S(=O)([N-]S(=O)(=O)C(F)(F)F)C(F)(F)F. The number of sulfonamides is 2. The highest BCUT2D eigenvalue weighted by Gasteiger charge is 2.46. The highest BCUT2D eigenvalue weighted by atomic mass is 32.3. The number of quaternary nitrogens is 1. The van der Waals surface area contributed by atoms with E-state index in [0.29, 0.717) is 6.61 Å². The van der Waals surface area contributed by atoms with E-state index in [2.05, 4.69) is 13.6 Å². The summed E-state index contributed by atoms with van der Waals surface area (Å²) in [6.07, 6.45) is 15.8. The fourth-order valence-electron chi connectivity index (χ4n) is 3.60. The van der Waals surface area contributed by atoms with Crippen LogP contribution >= 0.6 is 0 Å². The van der Waals surface area contributed by atoms with Gasteiger partial charge < -0.3 is 13.3 Å². The van der Waals surface area contributed by atoms with Crippen molar-refractivity contribution in [2.24, 2.45) is 0 Å². The lowest BCUT2D eigenvalue weighted by molar-refractivity contribution is -0.897. The summed E-state index contributed by atoms with van der Waals surface area (Å²) in [5, 5.41) is 0. The van der Waals surface area contributed by atoms with Gasteiger partial charge in [-0.1, -0.05) is 45.1 Å². The third-order valence-electron chi connectivity index (χ3n) is 5.68. The topological polar surface area (TPSA) is 109 Å². The number of ether oxygens (including phenoxy) is 1. The lowest BCUT2D eigenvalue weighted by Gasteiger charge is -2.29. The van der Waals surface area contributed by atoms with Crippen LogP contribution < -0.4 is 0 Å². The van der Waals surface area contributed by atoms with E-state index in [9.17, 15) is 48.0 Å². The normalized spacial score (nSPS) is 16.1. The first-order valence-corrected chi connectivity index (χ1v) is 14.7. The Bertz CT molecular complexity index is 857. The Morgan fingerprint density at radius 1 is 0.811 bits per heavy atom. The van der Waals surface area contributed by atoms with Crippen LogP contribution in [0.25, 0.3) is 4.13 Å². The summed E-state index contributed by atoms with van der Waals surface area (Å²) in [4.78, 5) is 10.8. The lowest BCUT2D eigenvalue weighted by Crippen LogP contribution is -2.41. The highest BCUT2D eigenvalue weighted by Crippen LogP contribution is 2.36. The number of hydrogen-bond donors (Lipinski definition) is 0. The van der Waals surface area contributed by atoms with E-state index in [0.717, 1.165) is 10.5 Å². The van der Waals surface area contributed by atoms with E-state index < -0.39 is 31.1 Å². The molecule has 0 bridgehead atoms. The van der Waals surface area contributed by atoms with Gasteiger partial charge in [0, 0.05) is 18.9 Å². The summed E-state index contributed by atoms with van der Waals surface area (Å²) in [6.45, 7) is 8.13. The molecule has 1 saturated heterocycles. The average Bonchev–Trinajstić information content (AvgIpc) is 3.19. The molecule has 0 unspecified atom stereocenters. The number of hydrogen-bond acceptors (Lipinski definition) is 6. The Kier molecular flexibility index (Phi) is 15.3. The second-order valence-electron chi connectivity index (χ2n) is 8.97. The Balaban J connectivity index is 0.000000757. The van der Waals surface area contributed by atoms with Crippen molar-refractivity contribution in [1.29, 1.82) is 0 Å². The highest BCUT2D eigenvalue weighted by molar-refractivity contribution is 8.13. The number of carbonyl (C=O) groups is 1. The van der Waals surface area contributed by atoms with Crippen LogP contribution in [0.4, 0.5) is 26.3 Å². The maximum atomic E-state index is 11.4. The largest absolute Gasteiger partial charge is 0.480 e. The molecule has 0 radical (unpaired) electrons. The van der Waals surface area contributed by atoms with Crippen molar-refractivity contribution in [2.75, 3.05) is 33.3 Å². The van der Waals surface area contributed by atoms with Crippen LogP contribution in [-0.4, -0.2) is 71.6 Å². The molecule has 0 spiro atoms. The van der Waals surface area contributed by atoms with Crippen molar-refractivity contribution in [1.82, 2.24) is 0 Å². The first-order valence-electron chi connectivity index (χ1n) is 11.9. The number of halogens is 6. The fraction of sp³-hybridized carbons (Fsp3) is 0.857. The van der Waals surface area contributed by atoms with Crippen LogP contribution in [0.5, 0.6) is 0 Å². The second kappa shape index (κ2) is 15.9. The zero-order valence-corrected chi connectivity index (χ0v) is 22.5. The number of rotatable bonds is 15. The van der Waals surface area contributed by atoms with Crippen molar-refractivity contribution in [3.05, 3.63) is 16.8 Å². The number of unbranched alkanes of at least 4 members (excludes halogenated alkanes) is 8. The molecule has 0 amide bonds. The predicted molar refractivity (Wildman–Crippen MR) is 126 cm³/mol. The minimum Gasteiger partial charge on any atom is -0.463 e. The molecule has 0 N–H and O–H groups in total. The van der Waals surface area contributed by atoms with Crippen molar-refractivity contribution >= 4 is 26.0 Å².